The molecule has 0 atom stereocenters. The number of fused-ring (bicyclic) bond motifs is 1. The van der Waals surface area contributed by atoms with Crippen LogP contribution in [-0.4, -0.2) is 10.4 Å². The van der Waals surface area contributed by atoms with Crippen molar-refractivity contribution in [2.24, 2.45) is 0 Å². The molecular formula is C28H21NO. The van der Waals surface area contributed by atoms with Crippen LogP contribution in [0.5, 0.6) is 0 Å². The molecule has 0 unspecified atom stereocenters. The van der Waals surface area contributed by atoms with E-state index in [9.17, 15) is 4.79 Å². The van der Waals surface area contributed by atoms with Gasteiger partial charge in [-0.25, -0.2) is 0 Å². The summed E-state index contributed by atoms with van der Waals surface area (Å²) in [6.45, 7) is 0.702. The van der Waals surface area contributed by atoms with Crippen LogP contribution in [0.3, 0.4) is 0 Å². The van der Waals surface area contributed by atoms with Crippen molar-refractivity contribution < 1.29 is 4.79 Å². The molecule has 0 N–H and O–H groups in total. The van der Waals surface area contributed by atoms with Crippen molar-refractivity contribution in [3.05, 3.63) is 132 Å². The molecule has 4 aromatic carbocycles. The second kappa shape index (κ2) is 7.84. The van der Waals surface area contributed by atoms with E-state index in [1.165, 1.54) is 5.56 Å². The maximum absolute atomic E-state index is 13.7. The molecule has 0 amide bonds. The molecule has 0 aliphatic carbocycles. The summed E-state index contributed by atoms with van der Waals surface area (Å²) >= 11 is 0. The van der Waals surface area contributed by atoms with Gasteiger partial charge in [-0.15, -0.1) is 0 Å². The van der Waals surface area contributed by atoms with Crippen molar-refractivity contribution in [1.82, 2.24) is 4.57 Å². The predicted molar refractivity (Wildman–Crippen MR) is 123 cm³/mol. The fourth-order valence-electron chi connectivity index (χ4n) is 4.09. The molecule has 0 aliphatic rings. The zero-order valence-corrected chi connectivity index (χ0v) is 16.5. The maximum atomic E-state index is 13.7. The van der Waals surface area contributed by atoms with E-state index in [0.717, 1.165) is 27.7 Å². The first-order valence-electron chi connectivity index (χ1n) is 10.1. The molecule has 0 spiro atoms. The summed E-state index contributed by atoms with van der Waals surface area (Å²) in [6, 6.07) is 38.4. The first-order chi connectivity index (χ1) is 14.8. The number of nitrogens with zero attached hydrogens (tertiary/aromatic N) is 1. The Morgan fingerprint density at radius 3 is 1.90 bits per heavy atom. The summed E-state index contributed by atoms with van der Waals surface area (Å²) in [5.41, 5.74) is 5.75. The highest BCUT2D eigenvalue weighted by atomic mass is 16.1. The molecule has 0 radical (unpaired) electrons. The van der Waals surface area contributed by atoms with Gasteiger partial charge in [0.15, 0.2) is 5.78 Å². The average Bonchev–Trinajstić information content (AvgIpc) is 3.14. The minimum Gasteiger partial charge on any atom is -0.335 e. The summed E-state index contributed by atoms with van der Waals surface area (Å²) in [4.78, 5) is 13.7. The lowest BCUT2D eigenvalue weighted by Crippen LogP contribution is -2.06. The van der Waals surface area contributed by atoms with Crippen molar-refractivity contribution in [3.8, 4) is 11.3 Å². The van der Waals surface area contributed by atoms with Gasteiger partial charge >= 0.3 is 0 Å². The van der Waals surface area contributed by atoms with Gasteiger partial charge in [-0.3, -0.25) is 4.79 Å². The van der Waals surface area contributed by atoms with E-state index in [0.29, 0.717) is 12.1 Å². The zero-order valence-electron chi connectivity index (χ0n) is 16.5. The van der Waals surface area contributed by atoms with E-state index in [2.05, 4.69) is 53.1 Å². The van der Waals surface area contributed by atoms with E-state index in [-0.39, 0.29) is 5.78 Å². The highest BCUT2D eigenvalue weighted by Crippen LogP contribution is 2.36. The van der Waals surface area contributed by atoms with E-state index in [1.54, 1.807) is 0 Å². The molecule has 5 rings (SSSR count). The lowest BCUT2D eigenvalue weighted by Gasteiger charge is -2.13. The number of hydrogen-bond acceptors (Lipinski definition) is 1. The Bertz CT molecular complexity index is 1300. The van der Waals surface area contributed by atoms with Gasteiger partial charge in [-0.1, -0.05) is 109 Å². The molecule has 0 aliphatic heterocycles. The summed E-state index contributed by atoms with van der Waals surface area (Å²) < 4.78 is 2.27. The Hall–Kier alpha value is -3.91. The number of aromatic nitrogens is 1. The van der Waals surface area contributed by atoms with Gasteiger partial charge in [-0.05, 0) is 17.2 Å². The average molecular weight is 387 g/mol. The van der Waals surface area contributed by atoms with E-state index in [1.807, 2.05) is 66.7 Å². The Balaban J connectivity index is 1.81. The van der Waals surface area contributed by atoms with Crippen LogP contribution in [0, 0.1) is 0 Å². The third-order valence-corrected chi connectivity index (χ3v) is 5.46. The van der Waals surface area contributed by atoms with Crippen LogP contribution in [0.25, 0.3) is 22.2 Å². The molecule has 2 nitrogen and oxygen atoms in total. The van der Waals surface area contributed by atoms with E-state index in [4.69, 9.17) is 0 Å². The van der Waals surface area contributed by atoms with Crippen LogP contribution in [0.15, 0.2) is 115 Å². The Labute approximate surface area is 176 Å². The topological polar surface area (TPSA) is 22.0 Å². The molecule has 1 aromatic heterocycles. The SMILES string of the molecule is O=C(c1ccccc1)c1c(-c2ccccc2)n(Cc2ccccc2)c2ccccc12. The molecule has 0 fully saturated rings. The van der Waals surface area contributed by atoms with Gasteiger partial charge in [0.05, 0.1) is 11.3 Å². The van der Waals surface area contributed by atoms with E-state index < -0.39 is 0 Å². The standard InChI is InChI=1S/C28H21NO/c30-28(23-16-8-3-9-17-23)26-24-18-10-11-19-25(24)29(20-21-12-4-1-5-13-21)27(26)22-14-6-2-7-15-22/h1-19H,20H2. The van der Waals surface area contributed by atoms with Gasteiger partial charge < -0.3 is 4.57 Å². The summed E-state index contributed by atoms with van der Waals surface area (Å²) in [6.07, 6.45) is 0. The molecule has 144 valence electrons. The molecule has 5 aromatic rings. The monoisotopic (exact) mass is 387 g/mol. The van der Waals surface area contributed by atoms with Crippen molar-refractivity contribution in [1.29, 1.82) is 0 Å². The summed E-state index contributed by atoms with van der Waals surface area (Å²) in [5.74, 6) is 0.0532. The van der Waals surface area contributed by atoms with E-state index >= 15 is 0 Å². The van der Waals surface area contributed by atoms with Gasteiger partial charge in [0, 0.05) is 23.0 Å². The molecule has 0 saturated carbocycles. The fourth-order valence-corrected chi connectivity index (χ4v) is 4.09. The van der Waals surface area contributed by atoms with Crippen LogP contribution < -0.4 is 0 Å². The maximum Gasteiger partial charge on any atom is 0.195 e. The largest absolute Gasteiger partial charge is 0.335 e. The summed E-state index contributed by atoms with van der Waals surface area (Å²) in [7, 11) is 0. The van der Waals surface area contributed by atoms with Crippen LogP contribution in [0.4, 0.5) is 0 Å². The van der Waals surface area contributed by atoms with Crippen molar-refractivity contribution in [2.45, 2.75) is 6.54 Å². The number of carbonyl (C=O) groups excluding carboxylic acids is 1. The Morgan fingerprint density at radius 1 is 0.633 bits per heavy atom. The molecule has 0 saturated heterocycles. The van der Waals surface area contributed by atoms with Gasteiger partial charge in [0.25, 0.3) is 0 Å². The number of hydrogen-bond donors (Lipinski definition) is 0. The van der Waals surface area contributed by atoms with Gasteiger partial charge in [0.2, 0.25) is 0 Å². The van der Waals surface area contributed by atoms with Crippen molar-refractivity contribution >= 4 is 16.7 Å². The number of carbonyl (C=O) groups is 1. The Kier molecular flexibility index (Phi) is 4.74. The number of ketones is 1. The lowest BCUT2D eigenvalue weighted by atomic mass is 9.97. The number of rotatable bonds is 5. The first kappa shape index (κ1) is 18.1. The molecule has 2 heteroatoms. The summed E-state index contributed by atoms with van der Waals surface area (Å²) in [5, 5.41) is 0.987. The number of para-hydroxylation sites is 1. The van der Waals surface area contributed by atoms with Crippen LogP contribution in [-0.2, 0) is 6.54 Å². The molecule has 30 heavy (non-hydrogen) atoms. The molecule has 0 bridgehead atoms. The second-order valence-corrected chi connectivity index (χ2v) is 7.37. The minimum atomic E-state index is 0.0532. The zero-order chi connectivity index (χ0) is 20.3. The lowest BCUT2D eigenvalue weighted by molar-refractivity contribution is 0.104. The highest BCUT2D eigenvalue weighted by Gasteiger charge is 2.24. The second-order valence-electron chi connectivity index (χ2n) is 7.37. The van der Waals surface area contributed by atoms with Crippen LogP contribution in [0.1, 0.15) is 21.5 Å². The first-order valence-corrected chi connectivity index (χ1v) is 10.1. The van der Waals surface area contributed by atoms with Gasteiger partial charge in [0.1, 0.15) is 0 Å². The quantitative estimate of drug-likeness (QED) is 0.312. The van der Waals surface area contributed by atoms with Gasteiger partial charge in [-0.2, -0.15) is 0 Å². The molecular weight excluding hydrogens is 366 g/mol. The van der Waals surface area contributed by atoms with Crippen LogP contribution in [0.2, 0.25) is 0 Å². The smallest absolute Gasteiger partial charge is 0.195 e. The minimum absolute atomic E-state index is 0.0532. The fraction of sp³-hybridized carbons (Fsp3) is 0.0357. The normalized spacial score (nSPS) is 10.9. The third-order valence-electron chi connectivity index (χ3n) is 5.46. The number of benzene rings is 4. The highest BCUT2D eigenvalue weighted by molar-refractivity contribution is 6.20. The van der Waals surface area contributed by atoms with Crippen molar-refractivity contribution in [3.63, 3.8) is 0 Å². The molecule has 1 heterocycles. The third kappa shape index (κ3) is 3.23. The van der Waals surface area contributed by atoms with Crippen molar-refractivity contribution in [2.75, 3.05) is 0 Å². The van der Waals surface area contributed by atoms with Crippen LogP contribution >= 0.6 is 0 Å². The Morgan fingerprint density at radius 2 is 1.20 bits per heavy atom. The predicted octanol–water partition coefficient (Wildman–Crippen LogP) is 6.59.